The molecule has 138 valence electrons. The van der Waals surface area contributed by atoms with Gasteiger partial charge in [0.1, 0.15) is 6.04 Å². The molecule has 0 saturated carbocycles. The van der Waals surface area contributed by atoms with Gasteiger partial charge in [0.05, 0.1) is 7.11 Å². The zero-order chi connectivity index (χ0) is 19.0. The number of hydrogen-bond acceptors (Lipinski definition) is 5. The van der Waals surface area contributed by atoms with Crippen LogP contribution in [0.25, 0.3) is 0 Å². The molecule has 0 fully saturated rings. The van der Waals surface area contributed by atoms with Crippen LogP contribution in [-0.4, -0.2) is 49.7 Å². The number of carbonyl (C=O) groups is 3. The van der Waals surface area contributed by atoms with Crippen molar-refractivity contribution in [1.82, 2.24) is 10.6 Å². The topological polar surface area (TPSA) is 114 Å². The Kier molecular flexibility index (Phi) is 7.71. The van der Waals surface area contributed by atoms with Crippen LogP contribution in [-0.2, 0) is 9.59 Å². The third kappa shape index (κ3) is 6.33. The van der Waals surface area contributed by atoms with Gasteiger partial charge in [0.2, 0.25) is 0 Å². The first-order chi connectivity index (χ1) is 11.8. The van der Waals surface area contributed by atoms with E-state index in [9.17, 15) is 19.5 Å². The molecule has 0 aliphatic carbocycles. The van der Waals surface area contributed by atoms with Gasteiger partial charge in [-0.3, -0.25) is 9.59 Å². The van der Waals surface area contributed by atoms with Gasteiger partial charge in [-0.2, -0.15) is 0 Å². The first kappa shape index (κ1) is 20.3. The van der Waals surface area contributed by atoms with E-state index in [-0.39, 0.29) is 29.7 Å². The van der Waals surface area contributed by atoms with E-state index in [0.717, 1.165) is 0 Å². The highest BCUT2D eigenvalue weighted by Gasteiger charge is 2.22. The van der Waals surface area contributed by atoms with Crippen molar-refractivity contribution in [3.63, 3.8) is 0 Å². The molecule has 0 aliphatic heterocycles. The minimum Gasteiger partial charge on any atom is -0.493 e. The van der Waals surface area contributed by atoms with E-state index in [1.54, 1.807) is 0 Å². The molecule has 1 atom stereocenters. The molecule has 0 aliphatic rings. The number of ether oxygens (including phenoxy) is 2. The molecule has 8 heteroatoms. The summed E-state index contributed by atoms with van der Waals surface area (Å²) < 4.78 is 10.5. The number of nitrogens with one attached hydrogen (secondary N) is 2. The average Bonchev–Trinajstić information content (AvgIpc) is 2.58. The molecule has 0 saturated heterocycles. The van der Waals surface area contributed by atoms with Crippen LogP contribution in [0.4, 0.5) is 0 Å². The number of aliphatic carboxylic acids is 1. The van der Waals surface area contributed by atoms with Crippen molar-refractivity contribution >= 4 is 17.8 Å². The van der Waals surface area contributed by atoms with Gasteiger partial charge in [0, 0.05) is 12.6 Å². The summed E-state index contributed by atoms with van der Waals surface area (Å²) in [4.78, 5) is 34.8. The molecule has 1 aromatic carbocycles. The summed E-state index contributed by atoms with van der Waals surface area (Å²) >= 11 is 0. The quantitative estimate of drug-likeness (QED) is 0.612. The smallest absolute Gasteiger partial charge is 0.326 e. The van der Waals surface area contributed by atoms with Gasteiger partial charge in [-0.15, -0.1) is 0 Å². The highest BCUT2D eigenvalue weighted by atomic mass is 16.5. The zero-order valence-corrected chi connectivity index (χ0v) is 14.8. The lowest BCUT2D eigenvalue weighted by Gasteiger charge is -2.17. The number of methoxy groups -OCH3 is 1. The van der Waals surface area contributed by atoms with Crippen LogP contribution < -0.4 is 20.1 Å². The molecule has 2 amide bonds. The van der Waals surface area contributed by atoms with Crippen LogP contribution in [0.5, 0.6) is 11.5 Å². The van der Waals surface area contributed by atoms with E-state index in [4.69, 9.17) is 9.47 Å². The van der Waals surface area contributed by atoms with Crippen LogP contribution in [0, 0.1) is 5.92 Å². The Morgan fingerprint density at radius 2 is 1.88 bits per heavy atom. The minimum atomic E-state index is -1.08. The largest absolute Gasteiger partial charge is 0.493 e. The van der Waals surface area contributed by atoms with Gasteiger partial charge in [-0.05, 0) is 30.5 Å². The third-order valence-electron chi connectivity index (χ3n) is 3.37. The number of hydrogen-bond donors (Lipinski definition) is 3. The predicted molar refractivity (Wildman–Crippen MR) is 90.9 cm³/mol. The lowest BCUT2D eigenvalue weighted by Crippen LogP contribution is -2.41. The van der Waals surface area contributed by atoms with Crippen molar-refractivity contribution in [2.75, 3.05) is 20.8 Å². The number of amides is 2. The molecule has 0 radical (unpaired) electrons. The van der Waals surface area contributed by atoms with E-state index in [1.807, 2.05) is 13.8 Å². The van der Waals surface area contributed by atoms with Gasteiger partial charge in [0.25, 0.3) is 11.8 Å². The van der Waals surface area contributed by atoms with Gasteiger partial charge in [-0.25, -0.2) is 4.79 Å². The number of carbonyl (C=O) groups excluding carboxylic acids is 2. The second kappa shape index (κ2) is 9.51. The third-order valence-corrected chi connectivity index (χ3v) is 3.37. The van der Waals surface area contributed by atoms with Crippen LogP contribution in [0.1, 0.15) is 30.6 Å². The molecule has 1 aromatic rings. The van der Waals surface area contributed by atoms with E-state index >= 15 is 0 Å². The normalized spacial score (nSPS) is 11.6. The van der Waals surface area contributed by atoms with Crippen molar-refractivity contribution in [3.8, 4) is 11.5 Å². The van der Waals surface area contributed by atoms with Gasteiger partial charge >= 0.3 is 5.97 Å². The second-order valence-electron chi connectivity index (χ2n) is 5.82. The summed E-state index contributed by atoms with van der Waals surface area (Å²) in [5, 5.41) is 14.1. The Morgan fingerprint density at radius 3 is 2.40 bits per heavy atom. The van der Waals surface area contributed by atoms with E-state index in [1.165, 1.54) is 32.4 Å². The molecule has 0 heterocycles. The summed E-state index contributed by atoms with van der Waals surface area (Å²) in [7, 11) is 2.90. The van der Waals surface area contributed by atoms with Gasteiger partial charge in [-0.1, -0.05) is 13.8 Å². The molecular weight excluding hydrogens is 328 g/mol. The number of benzene rings is 1. The summed E-state index contributed by atoms with van der Waals surface area (Å²) in [6, 6.07) is 3.44. The van der Waals surface area contributed by atoms with Crippen molar-refractivity contribution in [2.45, 2.75) is 26.3 Å². The minimum absolute atomic E-state index is 0.122. The summed E-state index contributed by atoms with van der Waals surface area (Å²) in [5.74, 6) is -1.21. The molecular formula is C17H24N2O6. The lowest BCUT2D eigenvalue weighted by molar-refractivity contribution is -0.139. The molecule has 1 unspecified atom stereocenters. The van der Waals surface area contributed by atoms with Crippen LogP contribution in [0.15, 0.2) is 18.2 Å². The molecule has 0 spiro atoms. The fourth-order valence-electron chi connectivity index (χ4n) is 2.08. The first-order valence-electron chi connectivity index (χ1n) is 7.83. The van der Waals surface area contributed by atoms with Crippen LogP contribution in [0.3, 0.4) is 0 Å². The van der Waals surface area contributed by atoms with Crippen molar-refractivity contribution in [2.24, 2.45) is 5.92 Å². The number of carboxylic acids is 1. The van der Waals surface area contributed by atoms with Gasteiger partial charge < -0.3 is 25.2 Å². The maximum atomic E-state index is 12.3. The molecule has 3 N–H and O–H groups in total. The zero-order valence-electron chi connectivity index (χ0n) is 14.8. The fraction of sp³-hybridized carbons (Fsp3) is 0.471. The Morgan fingerprint density at radius 1 is 1.20 bits per heavy atom. The molecule has 1 rings (SSSR count). The molecule has 0 aromatic heterocycles. The first-order valence-corrected chi connectivity index (χ1v) is 7.83. The van der Waals surface area contributed by atoms with Crippen molar-refractivity contribution < 1.29 is 29.0 Å². The highest BCUT2D eigenvalue weighted by Crippen LogP contribution is 2.28. The predicted octanol–water partition coefficient (Wildman–Crippen LogP) is 1.05. The summed E-state index contributed by atoms with van der Waals surface area (Å²) in [6.45, 7) is 3.57. The summed E-state index contributed by atoms with van der Waals surface area (Å²) in [5.41, 5.74) is 0.235. The molecule has 0 bridgehead atoms. The molecule has 8 nitrogen and oxygen atoms in total. The maximum Gasteiger partial charge on any atom is 0.326 e. The van der Waals surface area contributed by atoms with E-state index < -0.39 is 17.9 Å². The Balaban J connectivity index is 2.88. The standard InChI is InChI=1S/C17H24N2O6/c1-10(2)7-12(17(22)23)19-16(21)11-5-6-13(14(8-11)24-4)25-9-15(20)18-3/h5-6,8,10,12H,7,9H2,1-4H3,(H,18,20)(H,19,21)(H,22,23). The van der Waals surface area contributed by atoms with Crippen LogP contribution >= 0.6 is 0 Å². The van der Waals surface area contributed by atoms with Crippen molar-refractivity contribution in [1.29, 1.82) is 0 Å². The Hall–Kier alpha value is -2.77. The number of rotatable bonds is 9. The lowest BCUT2D eigenvalue weighted by atomic mass is 10.0. The van der Waals surface area contributed by atoms with E-state index in [2.05, 4.69) is 10.6 Å². The Bertz CT molecular complexity index is 630. The molecule has 25 heavy (non-hydrogen) atoms. The Labute approximate surface area is 146 Å². The average molecular weight is 352 g/mol. The van der Waals surface area contributed by atoms with Gasteiger partial charge in [0.15, 0.2) is 18.1 Å². The second-order valence-corrected chi connectivity index (χ2v) is 5.82. The fourth-order valence-corrected chi connectivity index (χ4v) is 2.08. The highest BCUT2D eigenvalue weighted by molar-refractivity contribution is 5.97. The van der Waals surface area contributed by atoms with E-state index in [0.29, 0.717) is 12.2 Å². The number of likely N-dealkylation sites (N-methyl/N-ethyl adjacent to an activating group) is 1. The monoisotopic (exact) mass is 352 g/mol. The maximum absolute atomic E-state index is 12.3. The summed E-state index contributed by atoms with van der Waals surface area (Å²) in [6.07, 6.45) is 0.325. The SMILES string of the molecule is CNC(=O)COc1ccc(C(=O)NC(CC(C)C)C(=O)O)cc1OC. The van der Waals surface area contributed by atoms with Crippen LogP contribution in [0.2, 0.25) is 0 Å². The van der Waals surface area contributed by atoms with Crippen molar-refractivity contribution in [3.05, 3.63) is 23.8 Å². The number of carboxylic acid groups (broad SMARTS) is 1.